The molecular weight excluding hydrogens is 248 g/mol. The highest BCUT2D eigenvalue weighted by atomic mass is 15.2. The molecule has 4 nitrogen and oxygen atoms in total. The molecule has 0 unspecified atom stereocenters. The van der Waals surface area contributed by atoms with Crippen molar-refractivity contribution in [2.24, 2.45) is 0 Å². The molecule has 1 aromatic heterocycles. The van der Waals surface area contributed by atoms with Gasteiger partial charge in [-0.15, -0.1) is 0 Å². The van der Waals surface area contributed by atoms with Crippen molar-refractivity contribution in [2.45, 2.75) is 19.5 Å². The van der Waals surface area contributed by atoms with E-state index in [2.05, 4.69) is 50.1 Å². The van der Waals surface area contributed by atoms with Gasteiger partial charge in [0.1, 0.15) is 5.82 Å². The molecule has 2 aromatic rings. The Morgan fingerprint density at radius 1 is 0.950 bits per heavy atom. The number of hydrogen-bond donors (Lipinski definition) is 1. The van der Waals surface area contributed by atoms with E-state index in [0.29, 0.717) is 0 Å². The lowest BCUT2D eigenvalue weighted by atomic mass is 10.2. The van der Waals surface area contributed by atoms with E-state index in [1.807, 2.05) is 12.4 Å². The van der Waals surface area contributed by atoms with Gasteiger partial charge < -0.3 is 4.98 Å². The normalized spacial score (nSPS) is 18.0. The predicted molar refractivity (Wildman–Crippen MR) is 80.2 cm³/mol. The van der Waals surface area contributed by atoms with Crippen LogP contribution in [0.3, 0.4) is 0 Å². The molecule has 106 valence electrons. The van der Waals surface area contributed by atoms with Gasteiger partial charge in [-0.2, -0.15) is 0 Å². The van der Waals surface area contributed by atoms with Crippen LogP contribution in [0.25, 0.3) is 0 Å². The van der Waals surface area contributed by atoms with Crippen LogP contribution in [0.2, 0.25) is 0 Å². The van der Waals surface area contributed by atoms with E-state index in [-0.39, 0.29) is 0 Å². The standard InChI is InChI=1S/C16H22N4/c1-2-5-15(6-3-1)13-19-9-4-10-20(12-11-19)14-16-17-7-8-18-16/h1-3,5-8H,4,9-14H2,(H,17,18). The highest BCUT2D eigenvalue weighted by Gasteiger charge is 2.15. The van der Waals surface area contributed by atoms with Gasteiger partial charge in [0.2, 0.25) is 0 Å². The highest BCUT2D eigenvalue weighted by molar-refractivity contribution is 5.14. The minimum atomic E-state index is 0.937. The van der Waals surface area contributed by atoms with Gasteiger partial charge >= 0.3 is 0 Å². The summed E-state index contributed by atoms with van der Waals surface area (Å²) in [6.45, 7) is 6.60. The average Bonchev–Trinajstić information content (AvgIpc) is 2.88. The zero-order valence-electron chi connectivity index (χ0n) is 11.8. The molecule has 0 atom stereocenters. The summed E-state index contributed by atoms with van der Waals surface area (Å²) in [7, 11) is 0. The zero-order valence-corrected chi connectivity index (χ0v) is 11.8. The summed E-state index contributed by atoms with van der Waals surface area (Å²) in [5, 5.41) is 0. The first-order chi connectivity index (χ1) is 9.90. The SMILES string of the molecule is c1ccc(CN2CCCN(Cc3ncc[nH]3)CC2)cc1. The van der Waals surface area contributed by atoms with Crippen LogP contribution in [0.4, 0.5) is 0 Å². The fourth-order valence-corrected chi connectivity index (χ4v) is 2.78. The van der Waals surface area contributed by atoms with E-state index in [9.17, 15) is 0 Å². The second kappa shape index (κ2) is 6.68. The lowest BCUT2D eigenvalue weighted by Crippen LogP contribution is -2.30. The van der Waals surface area contributed by atoms with Crippen LogP contribution in [-0.4, -0.2) is 45.9 Å². The molecule has 0 bridgehead atoms. The molecule has 1 aromatic carbocycles. The van der Waals surface area contributed by atoms with Crippen LogP contribution >= 0.6 is 0 Å². The number of benzene rings is 1. The molecular formula is C16H22N4. The second-order valence-electron chi connectivity index (χ2n) is 5.43. The quantitative estimate of drug-likeness (QED) is 0.924. The number of imidazole rings is 1. The molecule has 0 spiro atoms. The summed E-state index contributed by atoms with van der Waals surface area (Å²) < 4.78 is 0. The van der Waals surface area contributed by atoms with E-state index in [1.165, 1.54) is 18.5 Å². The molecule has 0 aliphatic carbocycles. The highest BCUT2D eigenvalue weighted by Crippen LogP contribution is 2.10. The molecule has 20 heavy (non-hydrogen) atoms. The van der Waals surface area contributed by atoms with Gasteiger partial charge in [-0.1, -0.05) is 30.3 Å². The molecule has 0 amide bonds. The van der Waals surface area contributed by atoms with Gasteiger partial charge in [0.05, 0.1) is 6.54 Å². The first-order valence-corrected chi connectivity index (χ1v) is 7.37. The minimum absolute atomic E-state index is 0.937. The van der Waals surface area contributed by atoms with Crippen molar-refractivity contribution in [2.75, 3.05) is 26.2 Å². The Labute approximate surface area is 120 Å². The molecule has 4 heteroatoms. The Morgan fingerprint density at radius 3 is 2.40 bits per heavy atom. The van der Waals surface area contributed by atoms with E-state index >= 15 is 0 Å². The number of hydrogen-bond acceptors (Lipinski definition) is 3. The molecule has 3 rings (SSSR count). The summed E-state index contributed by atoms with van der Waals surface area (Å²) in [5.41, 5.74) is 1.41. The van der Waals surface area contributed by atoms with Gasteiger partial charge in [-0.3, -0.25) is 9.80 Å². The summed E-state index contributed by atoms with van der Waals surface area (Å²) in [5.74, 6) is 1.07. The van der Waals surface area contributed by atoms with Crippen molar-refractivity contribution in [3.05, 3.63) is 54.1 Å². The third kappa shape index (κ3) is 3.68. The lowest BCUT2D eigenvalue weighted by molar-refractivity contribution is 0.244. The number of H-pyrrole nitrogens is 1. The Kier molecular flexibility index (Phi) is 4.46. The van der Waals surface area contributed by atoms with Crippen LogP contribution < -0.4 is 0 Å². The van der Waals surface area contributed by atoms with E-state index in [0.717, 1.165) is 38.5 Å². The fraction of sp³-hybridized carbons (Fsp3) is 0.438. The minimum Gasteiger partial charge on any atom is -0.348 e. The van der Waals surface area contributed by atoms with Crippen molar-refractivity contribution in [3.8, 4) is 0 Å². The maximum absolute atomic E-state index is 4.32. The van der Waals surface area contributed by atoms with Gasteiger partial charge in [0, 0.05) is 32.0 Å². The topological polar surface area (TPSA) is 35.2 Å². The van der Waals surface area contributed by atoms with E-state index in [4.69, 9.17) is 0 Å². The predicted octanol–water partition coefficient (Wildman–Crippen LogP) is 2.12. The van der Waals surface area contributed by atoms with Crippen molar-refractivity contribution in [1.29, 1.82) is 0 Å². The molecule has 1 aliphatic rings. The zero-order chi connectivity index (χ0) is 13.6. The third-order valence-corrected chi connectivity index (χ3v) is 3.86. The summed E-state index contributed by atoms with van der Waals surface area (Å²) >= 11 is 0. The maximum Gasteiger partial charge on any atom is 0.120 e. The first kappa shape index (κ1) is 13.3. The smallest absolute Gasteiger partial charge is 0.120 e. The number of rotatable bonds is 4. The second-order valence-corrected chi connectivity index (χ2v) is 5.43. The molecule has 1 fully saturated rings. The Morgan fingerprint density at radius 2 is 1.70 bits per heavy atom. The summed E-state index contributed by atoms with van der Waals surface area (Å²) in [4.78, 5) is 12.5. The number of nitrogens with one attached hydrogen (secondary N) is 1. The molecule has 1 aliphatic heterocycles. The Hall–Kier alpha value is -1.65. The van der Waals surface area contributed by atoms with Gasteiger partial charge in [-0.25, -0.2) is 4.98 Å². The van der Waals surface area contributed by atoms with Crippen LogP contribution in [-0.2, 0) is 13.1 Å². The Bertz CT molecular complexity index is 494. The van der Waals surface area contributed by atoms with Crippen molar-refractivity contribution in [3.63, 3.8) is 0 Å². The molecule has 1 N–H and O–H groups in total. The lowest BCUT2D eigenvalue weighted by Gasteiger charge is -2.21. The van der Waals surface area contributed by atoms with E-state index in [1.54, 1.807) is 0 Å². The van der Waals surface area contributed by atoms with Crippen LogP contribution in [0.5, 0.6) is 0 Å². The Balaban J connectivity index is 1.51. The van der Waals surface area contributed by atoms with Crippen molar-refractivity contribution < 1.29 is 0 Å². The summed E-state index contributed by atoms with van der Waals surface area (Å²) in [6, 6.07) is 10.8. The van der Waals surface area contributed by atoms with Crippen molar-refractivity contribution >= 4 is 0 Å². The molecule has 1 saturated heterocycles. The van der Waals surface area contributed by atoms with Crippen LogP contribution in [0.15, 0.2) is 42.7 Å². The fourth-order valence-electron chi connectivity index (χ4n) is 2.78. The van der Waals surface area contributed by atoms with Crippen molar-refractivity contribution in [1.82, 2.24) is 19.8 Å². The van der Waals surface area contributed by atoms with Gasteiger partial charge in [-0.05, 0) is 25.1 Å². The maximum atomic E-state index is 4.32. The van der Waals surface area contributed by atoms with Crippen LogP contribution in [0.1, 0.15) is 17.8 Å². The monoisotopic (exact) mass is 270 g/mol. The molecule has 0 radical (unpaired) electrons. The number of aromatic amines is 1. The molecule has 0 saturated carbocycles. The van der Waals surface area contributed by atoms with E-state index < -0.39 is 0 Å². The van der Waals surface area contributed by atoms with Crippen LogP contribution in [0, 0.1) is 0 Å². The van der Waals surface area contributed by atoms with Gasteiger partial charge in [0.25, 0.3) is 0 Å². The average molecular weight is 270 g/mol. The number of aromatic nitrogens is 2. The molecule has 2 heterocycles. The first-order valence-electron chi connectivity index (χ1n) is 7.37. The number of nitrogens with zero attached hydrogens (tertiary/aromatic N) is 3. The third-order valence-electron chi connectivity index (χ3n) is 3.86. The summed E-state index contributed by atoms with van der Waals surface area (Å²) in [6.07, 6.45) is 4.96. The van der Waals surface area contributed by atoms with Gasteiger partial charge in [0.15, 0.2) is 0 Å². The largest absolute Gasteiger partial charge is 0.348 e.